The Morgan fingerprint density at radius 3 is 2.65 bits per heavy atom. The second-order valence-corrected chi connectivity index (χ2v) is 5.64. The van der Waals surface area contributed by atoms with Crippen molar-refractivity contribution in [3.05, 3.63) is 42.7 Å². The van der Waals surface area contributed by atoms with Crippen molar-refractivity contribution in [2.24, 2.45) is 5.92 Å². The molecule has 120 valence electrons. The van der Waals surface area contributed by atoms with Gasteiger partial charge in [0.15, 0.2) is 5.82 Å². The Morgan fingerprint density at radius 2 is 1.96 bits per heavy atom. The van der Waals surface area contributed by atoms with E-state index in [1.54, 1.807) is 12.4 Å². The van der Waals surface area contributed by atoms with Crippen LogP contribution in [0.2, 0.25) is 0 Å². The third-order valence-corrected chi connectivity index (χ3v) is 4.15. The van der Waals surface area contributed by atoms with Crippen LogP contribution in [-0.2, 0) is 9.53 Å². The van der Waals surface area contributed by atoms with Crippen molar-refractivity contribution in [1.82, 2.24) is 9.97 Å². The second-order valence-electron chi connectivity index (χ2n) is 5.64. The molecule has 1 aliphatic rings. The van der Waals surface area contributed by atoms with Crippen molar-refractivity contribution in [1.29, 1.82) is 0 Å². The Bertz CT molecular complexity index is 652. The molecule has 0 radical (unpaired) electrons. The van der Waals surface area contributed by atoms with E-state index in [4.69, 9.17) is 4.74 Å². The van der Waals surface area contributed by atoms with Crippen molar-refractivity contribution >= 4 is 11.7 Å². The van der Waals surface area contributed by atoms with Gasteiger partial charge < -0.3 is 9.64 Å². The number of aromatic nitrogens is 2. The normalized spacial score (nSPS) is 15.4. The zero-order valence-corrected chi connectivity index (χ0v) is 13.3. The highest BCUT2D eigenvalue weighted by atomic mass is 16.5. The van der Waals surface area contributed by atoms with E-state index in [-0.39, 0.29) is 11.9 Å². The lowest BCUT2D eigenvalue weighted by molar-refractivity contribution is -0.148. The fraction of sp³-hybridized carbons (Fsp3) is 0.389. The summed E-state index contributed by atoms with van der Waals surface area (Å²) < 4.78 is 5.13. The van der Waals surface area contributed by atoms with Gasteiger partial charge in [-0.3, -0.25) is 4.79 Å². The number of ether oxygens (including phenoxy) is 1. The first-order valence-corrected chi connectivity index (χ1v) is 8.07. The average molecular weight is 311 g/mol. The van der Waals surface area contributed by atoms with E-state index >= 15 is 0 Å². The molecule has 0 amide bonds. The number of carbonyl (C=O) groups excluding carboxylic acids is 1. The van der Waals surface area contributed by atoms with Crippen LogP contribution in [0.1, 0.15) is 19.8 Å². The highest BCUT2D eigenvalue weighted by Crippen LogP contribution is 2.27. The standard InChI is InChI=1S/C18H21N3O2/c1-2-23-18(22)14-7-11-21(12-8-14)16-6-3-5-15(13-16)17-19-9-4-10-20-17/h3-6,9-10,13-14H,2,7-8,11-12H2,1H3. The molecule has 0 spiro atoms. The van der Waals surface area contributed by atoms with E-state index in [1.165, 1.54) is 0 Å². The fourth-order valence-electron chi connectivity index (χ4n) is 2.92. The molecule has 3 rings (SSSR count). The van der Waals surface area contributed by atoms with E-state index in [1.807, 2.05) is 25.1 Å². The Kier molecular flexibility index (Phi) is 4.86. The number of benzene rings is 1. The highest BCUT2D eigenvalue weighted by molar-refractivity contribution is 5.73. The molecule has 0 bridgehead atoms. The third kappa shape index (κ3) is 3.67. The van der Waals surface area contributed by atoms with Crippen molar-refractivity contribution in [3.63, 3.8) is 0 Å². The number of esters is 1. The Labute approximate surface area is 136 Å². The molecule has 0 saturated carbocycles. The van der Waals surface area contributed by atoms with E-state index in [9.17, 15) is 4.79 Å². The molecule has 2 aromatic rings. The van der Waals surface area contributed by atoms with E-state index in [2.05, 4.69) is 27.0 Å². The van der Waals surface area contributed by atoms with Gasteiger partial charge in [-0.2, -0.15) is 0 Å². The second kappa shape index (κ2) is 7.22. The predicted octanol–water partition coefficient (Wildman–Crippen LogP) is 2.92. The Balaban J connectivity index is 1.68. The van der Waals surface area contributed by atoms with Crippen LogP contribution in [-0.4, -0.2) is 35.6 Å². The molecule has 1 aliphatic heterocycles. The number of piperidine rings is 1. The van der Waals surface area contributed by atoms with Crippen LogP contribution in [0, 0.1) is 5.92 Å². The minimum Gasteiger partial charge on any atom is -0.466 e. The van der Waals surface area contributed by atoms with Crippen LogP contribution in [0.15, 0.2) is 42.7 Å². The molecule has 1 aromatic carbocycles. The summed E-state index contributed by atoms with van der Waals surface area (Å²) in [7, 11) is 0. The van der Waals surface area contributed by atoms with Gasteiger partial charge in [0.1, 0.15) is 0 Å². The SMILES string of the molecule is CCOC(=O)C1CCN(c2cccc(-c3ncccn3)c2)CC1. The maximum Gasteiger partial charge on any atom is 0.309 e. The average Bonchev–Trinajstić information content (AvgIpc) is 2.63. The molecule has 5 heteroatoms. The first kappa shape index (κ1) is 15.5. The van der Waals surface area contributed by atoms with Gasteiger partial charge >= 0.3 is 5.97 Å². The number of nitrogens with zero attached hydrogens (tertiary/aromatic N) is 3. The van der Waals surface area contributed by atoms with Gasteiger partial charge in [-0.25, -0.2) is 9.97 Å². The van der Waals surface area contributed by atoms with Crippen molar-refractivity contribution in [3.8, 4) is 11.4 Å². The molecule has 1 fully saturated rings. The molecule has 1 saturated heterocycles. The molecule has 0 N–H and O–H groups in total. The molecule has 0 unspecified atom stereocenters. The number of rotatable bonds is 4. The van der Waals surface area contributed by atoms with E-state index < -0.39 is 0 Å². The van der Waals surface area contributed by atoms with Gasteiger partial charge in [0.25, 0.3) is 0 Å². The summed E-state index contributed by atoms with van der Waals surface area (Å²) in [6, 6.07) is 10.1. The van der Waals surface area contributed by atoms with Crippen molar-refractivity contribution < 1.29 is 9.53 Å². The summed E-state index contributed by atoms with van der Waals surface area (Å²) in [5, 5.41) is 0. The van der Waals surface area contributed by atoms with Gasteiger partial charge in [-0.05, 0) is 38.0 Å². The molecule has 2 heterocycles. The highest BCUT2D eigenvalue weighted by Gasteiger charge is 2.26. The molecule has 0 aliphatic carbocycles. The topological polar surface area (TPSA) is 55.3 Å². The van der Waals surface area contributed by atoms with Crippen LogP contribution >= 0.6 is 0 Å². The predicted molar refractivity (Wildman–Crippen MR) is 89.0 cm³/mol. The third-order valence-electron chi connectivity index (χ3n) is 4.15. The summed E-state index contributed by atoms with van der Waals surface area (Å²) in [6.07, 6.45) is 5.18. The Hall–Kier alpha value is -2.43. The monoisotopic (exact) mass is 311 g/mol. The molecule has 5 nitrogen and oxygen atoms in total. The lowest BCUT2D eigenvalue weighted by atomic mass is 9.96. The molecular weight excluding hydrogens is 290 g/mol. The number of carbonyl (C=O) groups is 1. The largest absolute Gasteiger partial charge is 0.466 e. The van der Waals surface area contributed by atoms with E-state index in [0.29, 0.717) is 6.61 Å². The van der Waals surface area contributed by atoms with Crippen LogP contribution < -0.4 is 4.90 Å². The van der Waals surface area contributed by atoms with Crippen LogP contribution in [0.25, 0.3) is 11.4 Å². The van der Waals surface area contributed by atoms with Gasteiger partial charge in [0.2, 0.25) is 0 Å². The van der Waals surface area contributed by atoms with Crippen LogP contribution in [0.3, 0.4) is 0 Å². The first-order valence-electron chi connectivity index (χ1n) is 8.07. The maximum absolute atomic E-state index is 11.8. The van der Waals surface area contributed by atoms with Crippen molar-refractivity contribution in [2.45, 2.75) is 19.8 Å². The smallest absolute Gasteiger partial charge is 0.309 e. The molecular formula is C18H21N3O2. The van der Waals surface area contributed by atoms with Crippen LogP contribution in [0.4, 0.5) is 5.69 Å². The summed E-state index contributed by atoms with van der Waals surface area (Å²) >= 11 is 0. The zero-order chi connectivity index (χ0) is 16.1. The molecule has 0 atom stereocenters. The lowest BCUT2D eigenvalue weighted by Crippen LogP contribution is -2.36. The minimum absolute atomic E-state index is 0.0341. The molecule has 1 aromatic heterocycles. The summed E-state index contributed by atoms with van der Waals surface area (Å²) in [6.45, 7) is 4.04. The van der Waals surface area contributed by atoms with E-state index in [0.717, 1.165) is 43.0 Å². The van der Waals surface area contributed by atoms with Gasteiger partial charge in [0.05, 0.1) is 12.5 Å². The minimum atomic E-state index is -0.0569. The van der Waals surface area contributed by atoms with Gasteiger partial charge in [0, 0.05) is 36.7 Å². The zero-order valence-electron chi connectivity index (χ0n) is 13.3. The van der Waals surface area contributed by atoms with Gasteiger partial charge in [-0.1, -0.05) is 12.1 Å². The quantitative estimate of drug-likeness (QED) is 0.813. The molecule has 23 heavy (non-hydrogen) atoms. The number of hydrogen-bond donors (Lipinski definition) is 0. The first-order chi connectivity index (χ1) is 11.3. The van der Waals surface area contributed by atoms with Gasteiger partial charge in [-0.15, -0.1) is 0 Å². The lowest BCUT2D eigenvalue weighted by Gasteiger charge is -2.32. The number of anilines is 1. The van der Waals surface area contributed by atoms with Crippen LogP contribution in [0.5, 0.6) is 0 Å². The fourth-order valence-corrected chi connectivity index (χ4v) is 2.92. The number of hydrogen-bond acceptors (Lipinski definition) is 5. The summed E-state index contributed by atoms with van der Waals surface area (Å²) in [4.78, 5) is 22.7. The summed E-state index contributed by atoms with van der Waals surface area (Å²) in [5.41, 5.74) is 2.16. The Morgan fingerprint density at radius 1 is 1.22 bits per heavy atom. The maximum atomic E-state index is 11.8. The van der Waals surface area contributed by atoms with Crippen molar-refractivity contribution in [2.75, 3.05) is 24.6 Å². The summed E-state index contributed by atoms with van der Waals surface area (Å²) in [5.74, 6) is 0.709.